The Morgan fingerprint density at radius 1 is 0.905 bits per heavy atom. The predicted molar refractivity (Wildman–Crippen MR) is 81.7 cm³/mol. The fourth-order valence-corrected chi connectivity index (χ4v) is 6.33. The average Bonchev–Trinajstić information content (AvgIpc) is 2.76. The average molecular weight is 286 g/mol. The zero-order chi connectivity index (χ0) is 14.8. The molecule has 3 fully saturated rings. The van der Waals surface area contributed by atoms with Gasteiger partial charge in [0.05, 0.1) is 0 Å². The maximum Gasteiger partial charge on any atom is 0.155 e. The van der Waals surface area contributed by atoms with Crippen molar-refractivity contribution in [2.24, 2.45) is 28.6 Å². The van der Waals surface area contributed by atoms with Crippen LogP contribution in [-0.4, -0.2) is 11.6 Å². The van der Waals surface area contributed by atoms with E-state index in [-0.39, 0.29) is 10.8 Å². The molecular weight excluding hydrogens is 260 g/mol. The molecule has 0 N–H and O–H groups in total. The molecule has 5 atom stereocenters. The van der Waals surface area contributed by atoms with Crippen LogP contribution in [0, 0.1) is 28.6 Å². The third-order valence-electron chi connectivity index (χ3n) is 7.67. The summed E-state index contributed by atoms with van der Waals surface area (Å²) in [6.45, 7) is 4.64. The van der Waals surface area contributed by atoms with E-state index in [1.165, 1.54) is 18.4 Å². The standard InChI is InChI=1S/C19H26O2/c1-18-9-7-13(20)11-12(18)3-4-14-15-5-6-17(21)19(15,2)10-8-16(14)18/h11,14-16H,3-10H2,1-2H3/t14-,15-,16-,18+,19-/m1/s1. The van der Waals surface area contributed by atoms with Crippen molar-refractivity contribution in [3.05, 3.63) is 11.6 Å². The van der Waals surface area contributed by atoms with Crippen LogP contribution in [0.5, 0.6) is 0 Å². The Kier molecular flexibility index (Phi) is 2.81. The lowest BCUT2D eigenvalue weighted by atomic mass is 9.47. The smallest absolute Gasteiger partial charge is 0.155 e. The van der Waals surface area contributed by atoms with E-state index >= 15 is 0 Å². The van der Waals surface area contributed by atoms with Crippen molar-refractivity contribution in [3.63, 3.8) is 0 Å². The molecule has 0 amide bonds. The third kappa shape index (κ3) is 1.71. The second kappa shape index (κ2) is 4.30. The van der Waals surface area contributed by atoms with Crippen molar-refractivity contribution in [3.8, 4) is 0 Å². The van der Waals surface area contributed by atoms with E-state index in [0.29, 0.717) is 29.3 Å². The number of hydrogen-bond acceptors (Lipinski definition) is 2. The van der Waals surface area contributed by atoms with E-state index in [2.05, 4.69) is 13.8 Å². The second-order valence-electron chi connectivity index (χ2n) is 8.39. The monoisotopic (exact) mass is 286 g/mol. The number of carbonyl (C=O) groups excluding carboxylic acids is 2. The molecular formula is C19H26O2. The predicted octanol–water partition coefficient (Wildman–Crippen LogP) is 4.09. The van der Waals surface area contributed by atoms with Crippen molar-refractivity contribution in [1.29, 1.82) is 0 Å². The first-order chi connectivity index (χ1) is 9.95. The maximum atomic E-state index is 12.4. The summed E-state index contributed by atoms with van der Waals surface area (Å²) in [6, 6.07) is 0. The van der Waals surface area contributed by atoms with Crippen molar-refractivity contribution in [2.45, 2.75) is 65.2 Å². The van der Waals surface area contributed by atoms with E-state index in [1.54, 1.807) is 0 Å². The van der Waals surface area contributed by atoms with Gasteiger partial charge in [-0.1, -0.05) is 19.4 Å². The highest BCUT2D eigenvalue weighted by Crippen LogP contribution is 2.64. The van der Waals surface area contributed by atoms with E-state index in [1.807, 2.05) is 6.08 Å². The Hall–Kier alpha value is -0.920. The number of hydrogen-bond donors (Lipinski definition) is 0. The van der Waals surface area contributed by atoms with Crippen LogP contribution < -0.4 is 0 Å². The molecule has 0 unspecified atom stereocenters. The van der Waals surface area contributed by atoms with Crippen LogP contribution >= 0.6 is 0 Å². The van der Waals surface area contributed by atoms with Crippen molar-refractivity contribution in [1.82, 2.24) is 0 Å². The molecule has 3 saturated carbocycles. The van der Waals surface area contributed by atoms with Gasteiger partial charge >= 0.3 is 0 Å². The Labute approximate surface area is 127 Å². The van der Waals surface area contributed by atoms with Gasteiger partial charge in [0.2, 0.25) is 0 Å². The second-order valence-corrected chi connectivity index (χ2v) is 8.39. The van der Waals surface area contributed by atoms with Crippen LogP contribution in [-0.2, 0) is 9.59 Å². The maximum absolute atomic E-state index is 12.4. The van der Waals surface area contributed by atoms with Gasteiger partial charge in [-0.05, 0) is 67.8 Å². The molecule has 0 aromatic carbocycles. The summed E-state index contributed by atoms with van der Waals surface area (Å²) in [5.74, 6) is 2.88. The molecule has 114 valence electrons. The minimum absolute atomic E-state index is 0.0246. The minimum atomic E-state index is -0.0246. The van der Waals surface area contributed by atoms with Crippen LogP contribution in [0.15, 0.2) is 11.6 Å². The SMILES string of the molecule is C[C@@]12CC[C@@H]3[C@H](CCC4=CC(=O)CC[C@@]43C)[C@H]1CCC2=O. The first-order valence-electron chi connectivity index (χ1n) is 8.72. The van der Waals surface area contributed by atoms with E-state index < -0.39 is 0 Å². The van der Waals surface area contributed by atoms with Crippen molar-refractivity contribution in [2.75, 3.05) is 0 Å². The summed E-state index contributed by atoms with van der Waals surface area (Å²) >= 11 is 0. The summed E-state index contributed by atoms with van der Waals surface area (Å²) in [7, 11) is 0. The van der Waals surface area contributed by atoms with Crippen LogP contribution in [0.25, 0.3) is 0 Å². The van der Waals surface area contributed by atoms with Gasteiger partial charge in [-0.25, -0.2) is 0 Å². The molecule has 0 bridgehead atoms. The molecule has 0 aromatic rings. The molecule has 0 heterocycles. The number of ketones is 2. The molecule has 2 nitrogen and oxygen atoms in total. The van der Waals surface area contributed by atoms with Gasteiger partial charge in [0.15, 0.2) is 5.78 Å². The lowest BCUT2D eigenvalue weighted by Gasteiger charge is -2.56. The lowest BCUT2D eigenvalue weighted by molar-refractivity contribution is -0.132. The van der Waals surface area contributed by atoms with Gasteiger partial charge in [-0.15, -0.1) is 0 Å². The van der Waals surface area contributed by atoms with Gasteiger partial charge in [0.25, 0.3) is 0 Å². The topological polar surface area (TPSA) is 34.1 Å². The summed E-state index contributed by atoms with van der Waals surface area (Å²) in [4.78, 5) is 24.1. The molecule has 4 rings (SSSR count). The Balaban J connectivity index is 1.70. The van der Waals surface area contributed by atoms with E-state index in [0.717, 1.165) is 38.5 Å². The highest BCUT2D eigenvalue weighted by Gasteiger charge is 2.58. The van der Waals surface area contributed by atoms with E-state index in [9.17, 15) is 9.59 Å². The number of Topliss-reactive ketones (excluding diaryl/α,β-unsaturated/α-hetero) is 1. The first kappa shape index (κ1) is 13.7. The van der Waals surface area contributed by atoms with Crippen molar-refractivity contribution < 1.29 is 9.59 Å². The minimum Gasteiger partial charge on any atom is -0.299 e. The van der Waals surface area contributed by atoms with E-state index in [4.69, 9.17) is 0 Å². The molecule has 0 radical (unpaired) electrons. The number of fused-ring (bicyclic) bond motifs is 5. The van der Waals surface area contributed by atoms with Gasteiger partial charge in [0.1, 0.15) is 5.78 Å². The fraction of sp³-hybridized carbons (Fsp3) is 0.789. The van der Waals surface area contributed by atoms with Crippen LogP contribution in [0.2, 0.25) is 0 Å². The zero-order valence-electron chi connectivity index (χ0n) is 13.3. The van der Waals surface area contributed by atoms with Crippen LogP contribution in [0.3, 0.4) is 0 Å². The quantitative estimate of drug-likeness (QED) is 0.672. The molecule has 4 aliphatic rings. The highest BCUT2D eigenvalue weighted by atomic mass is 16.1. The number of rotatable bonds is 0. The summed E-state index contributed by atoms with van der Waals surface area (Å²) in [5.41, 5.74) is 1.64. The zero-order valence-corrected chi connectivity index (χ0v) is 13.3. The highest BCUT2D eigenvalue weighted by molar-refractivity contribution is 5.91. The summed E-state index contributed by atoms with van der Waals surface area (Å²) in [6.07, 6.45) is 10.2. The molecule has 0 aromatic heterocycles. The molecule has 0 aliphatic heterocycles. The number of carbonyl (C=O) groups is 2. The molecule has 21 heavy (non-hydrogen) atoms. The van der Waals surface area contributed by atoms with Gasteiger partial charge in [-0.2, -0.15) is 0 Å². The van der Waals surface area contributed by atoms with Gasteiger partial charge < -0.3 is 0 Å². The Morgan fingerprint density at radius 2 is 1.67 bits per heavy atom. The van der Waals surface area contributed by atoms with Crippen LogP contribution in [0.4, 0.5) is 0 Å². The van der Waals surface area contributed by atoms with Gasteiger partial charge in [0, 0.05) is 18.3 Å². The molecule has 2 heteroatoms. The number of allylic oxidation sites excluding steroid dienone is 1. The Morgan fingerprint density at radius 3 is 2.48 bits per heavy atom. The molecule has 0 saturated heterocycles. The first-order valence-corrected chi connectivity index (χ1v) is 8.72. The third-order valence-corrected chi connectivity index (χ3v) is 7.67. The summed E-state index contributed by atoms with van der Waals surface area (Å²) in [5, 5.41) is 0. The molecule has 0 spiro atoms. The fourth-order valence-electron chi connectivity index (χ4n) is 6.33. The van der Waals surface area contributed by atoms with Crippen LogP contribution in [0.1, 0.15) is 65.2 Å². The normalized spacial score (nSPS) is 49.2. The van der Waals surface area contributed by atoms with Crippen molar-refractivity contribution >= 4 is 11.6 Å². The lowest BCUT2D eigenvalue weighted by Crippen LogP contribution is -2.50. The summed E-state index contributed by atoms with van der Waals surface area (Å²) < 4.78 is 0. The van der Waals surface area contributed by atoms with Gasteiger partial charge in [-0.3, -0.25) is 9.59 Å². The molecule has 4 aliphatic carbocycles. The largest absolute Gasteiger partial charge is 0.299 e. The Bertz CT molecular complexity index is 546.